The Kier molecular flexibility index (Phi) is 6.34. The molecule has 2 aromatic carbocycles. The van der Waals surface area contributed by atoms with Crippen LogP contribution in [0.2, 0.25) is 0 Å². The Morgan fingerprint density at radius 3 is 1.63 bits per heavy atom. The van der Waals surface area contributed by atoms with Crippen molar-refractivity contribution in [3.63, 3.8) is 0 Å². The minimum atomic E-state index is -5.52. The normalized spacial score (nSPS) is 14.0. The van der Waals surface area contributed by atoms with Gasteiger partial charge in [-0.05, 0) is 35.7 Å². The van der Waals surface area contributed by atoms with Crippen LogP contribution >= 0.6 is 0 Å². The largest absolute Gasteiger partial charge is 0.353 e. The number of aryl methyl sites for hydroxylation is 1. The van der Waals surface area contributed by atoms with Crippen molar-refractivity contribution >= 4 is 30.4 Å². The van der Waals surface area contributed by atoms with Crippen molar-refractivity contribution in [3.05, 3.63) is 60.2 Å². The third kappa shape index (κ3) is 5.31. The highest BCUT2D eigenvalue weighted by Crippen LogP contribution is 2.23. The van der Waals surface area contributed by atoms with E-state index in [9.17, 15) is 29.8 Å². The molecule has 27 heavy (non-hydrogen) atoms. The van der Waals surface area contributed by atoms with E-state index in [-0.39, 0.29) is 0 Å². The molecular formula is C14H13FO9S3. The zero-order valence-electron chi connectivity index (χ0n) is 13.6. The Balaban J connectivity index is 2.40. The average molecular weight is 440 g/mol. The monoisotopic (exact) mass is 440 g/mol. The Bertz CT molecular complexity index is 1090. The molecule has 0 radical (unpaired) electrons. The molecule has 0 amide bonds. The van der Waals surface area contributed by atoms with Crippen molar-refractivity contribution in [2.75, 3.05) is 0 Å². The topological polar surface area (TPSA) is 130 Å². The van der Waals surface area contributed by atoms with Gasteiger partial charge in [-0.3, -0.25) is 0 Å². The molecule has 0 saturated heterocycles. The summed E-state index contributed by atoms with van der Waals surface area (Å²) in [7, 11) is -15.2. The maximum Gasteiger partial charge on any atom is 0.353 e. The summed E-state index contributed by atoms with van der Waals surface area (Å²) < 4.78 is 95.5. The highest BCUT2D eigenvalue weighted by Gasteiger charge is 2.39. The van der Waals surface area contributed by atoms with Gasteiger partial charge in [0.15, 0.2) is 0 Å². The van der Waals surface area contributed by atoms with Crippen LogP contribution in [0.25, 0.3) is 0 Å². The zero-order valence-corrected chi connectivity index (χ0v) is 16.0. The molecule has 2 aromatic rings. The third-order valence-corrected chi connectivity index (χ3v) is 6.71. The standard InChI is InChI=1S/C14H13FO9S3/c1-11-7-9-13(10-8-11)26(18,19)23-14(27(20,21)24-15)22-25(16,17)12-5-3-2-4-6-12/h2-10,14H,1H3. The van der Waals surface area contributed by atoms with Crippen LogP contribution in [0.5, 0.6) is 0 Å². The predicted octanol–water partition coefficient (Wildman–Crippen LogP) is 1.62. The molecule has 0 saturated carbocycles. The molecule has 0 heterocycles. The molecule has 0 N–H and O–H groups in total. The lowest BCUT2D eigenvalue weighted by Gasteiger charge is -2.15. The van der Waals surface area contributed by atoms with Crippen LogP contribution in [0.1, 0.15) is 5.56 Å². The first-order valence-electron chi connectivity index (χ1n) is 7.00. The molecule has 0 aliphatic heterocycles. The van der Waals surface area contributed by atoms with E-state index in [0.29, 0.717) is 5.56 Å². The number of hydrogen-bond acceptors (Lipinski definition) is 9. The molecule has 0 aliphatic carbocycles. The third-order valence-electron chi connectivity index (χ3n) is 3.08. The van der Waals surface area contributed by atoms with Crippen LogP contribution in [-0.2, 0) is 43.1 Å². The molecule has 2 rings (SSSR count). The van der Waals surface area contributed by atoms with E-state index in [2.05, 4.69) is 12.8 Å². The molecule has 9 nitrogen and oxygen atoms in total. The maximum atomic E-state index is 12.4. The van der Waals surface area contributed by atoms with Crippen molar-refractivity contribution < 1.29 is 42.5 Å². The second-order valence-electron chi connectivity index (χ2n) is 5.07. The summed E-state index contributed by atoms with van der Waals surface area (Å²) in [5.74, 6) is 0. The van der Waals surface area contributed by atoms with Crippen LogP contribution in [-0.4, -0.2) is 30.9 Å². The van der Waals surface area contributed by atoms with Crippen molar-refractivity contribution in [2.45, 2.75) is 22.3 Å². The van der Waals surface area contributed by atoms with Gasteiger partial charge in [0.1, 0.15) is 0 Å². The highest BCUT2D eigenvalue weighted by molar-refractivity contribution is 7.91. The summed E-state index contributed by atoms with van der Waals surface area (Å²) in [6, 6.07) is 11.1. The highest BCUT2D eigenvalue weighted by atomic mass is 32.2. The number of benzene rings is 2. The van der Waals surface area contributed by atoms with Gasteiger partial charge in [-0.25, -0.2) is 8.37 Å². The lowest BCUT2D eigenvalue weighted by atomic mass is 10.2. The zero-order chi connectivity index (χ0) is 20.3. The molecule has 1 atom stereocenters. The summed E-state index contributed by atoms with van der Waals surface area (Å²) >= 11 is 0. The smallest absolute Gasteiger partial charge is 0.215 e. The molecular weight excluding hydrogens is 427 g/mol. The summed E-state index contributed by atoms with van der Waals surface area (Å²) in [6.45, 7) is 1.66. The van der Waals surface area contributed by atoms with Gasteiger partial charge in [-0.2, -0.15) is 25.3 Å². The van der Waals surface area contributed by atoms with Crippen LogP contribution < -0.4 is 0 Å². The second-order valence-corrected chi connectivity index (χ2v) is 9.71. The first-order chi connectivity index (χ1) is 12.5. The van der Waals surface area contributed by atoms with Crippen molar-refractivity contribution in [3.8, 4) is 0 Å². The Morgan fingerprint density at radius 2 is 1.19 bits per heavy atom. The predicted molar refractivity (Wildman–Crippen MR) is 89.1 cm³/mol. The van der Waals surface area contributed by atoms with Crippen LogP contribution in [0, 0.1) is 6.92 Å². The van der Waals surface area contributed by atoms with Crippen molar-refractivity contribution in [1.29, 1.82) is 0 Å². The lowest BCUT2D eigenvalue weighted by molar-refractivity contribution is -0.0220. The molecule has 0 fully saturated rings. The number of hydrogen-bond donors (Lipinski definition) is 0. The summed E-state index contributed by atoms with van der Waals surface area (Å²) in [4.78, 5) is -1.02. The van der Waals surface area contributed by atoms with Crippen LogP contribution in [0.3, 0.4) is 0 Å². The van der Waals surface area contributed by atoms with E-state index in [1.165, 1.54) is 30.3 Å². The average Bonchev–Trinajstić information content (AvgIpc) is 2.62. The van der Waals surface area contributed by atoms with E-state index in [1.807, 2.05) is 0 Å². The van der Waals surface area contributed by atoms with Gasteiger partial charge in [0.25, 0.3) is 20.2 Å². The minimum absolute atomic E-state index is 0.507. The van der Waals surface area contributed by atoms with Gasteiger partial charge in [0.2, 0.25) is 0 Å². The molecule has 0 aromatic heterocycles. The Morgan fingerprint density at radius 1 is 0.741 bits per heavy atom. The van der Waals surface area contributed by atoms with Gasteiger partial charge in [0.05, 0.1) is 9.79 Å². The van der Waals surface area contributed by atoms with Gasteiger partial charge in [0, 0.05) is 0 Å². The van der Waals surface area contributed by atoms with Gasteiger partial charge >= 0.3 is 15.7 Å². The van der Waals surface area contributed by atoms with E-state index in [1.54, 1.807) is 6.92 Å². The summed E-state index contributed by atoms with van der Waals surface area (Å²) in [6.07, 6.45) is 0. The van der Waals surface area contributed by atoms with Gasteiger partial charge in [-0.15, -0.1) is 0 Å². The first kappa shape index (κ1) is 21.4. The first-order valence-corrected chi connectivity index (χ1v) is 11.3. The summed E-state index contributed by atoms with van der Waals surface area (Å²) in [5.41, 5.74) is -2.45. The van der Waals surface area contributed by atoms with Crippen LogP contribution in [0.4, 0.5) is 4.53 Å². The van der Waals surface area contributed by atoms with Crippen molar-refractivity contribution in [1.82, 2.24) is 0 Å². The van der Waals surface area contributed by atoms with Gasteiger partial charge < -0.3 is 0 Å². The van der Waals surface area contributed by atoms with Crippen molar-refractivity contribution in [2.24, 2.45) is 0 Å². The van der Waals surface area contributed by atoms with Gasteiger partial charge in [-0.1, -0.05) is 40.3 Å². The number of rotatable bonds is 8. The summed E-state index contributed by atoms with van der Waals surface area (Å²) in [5, 5.41) is 0. The molecule has 0 bridgehead atoms. The molecule has 1 unspecified atom stereocenters. The molecule has 13 heteroatoms. The quantitative estimate of drug-likeness (QED) is 0.444. The fourth-order valence-electron chi connectivity index (χ4n) is 1.75. The van der Waals surface area contributed by atoms with E-state index in [0.717, 1.165) is 24.3 Å². The Labute approximate surface area is 155 Å². The van der Waals surface area contributed by atoms with Crippen LogP contribution in [0.15, 0.2) is 64.4 Å². The fourth-order valence-corrected chi connectivity index (χ4v) is 4.93. The molecule has 0 aliphatic rings. The van der Waals surface area contributed by atoms with E-state index in [4.69, 9.17) is 0 Å². The minimum Gasteiger partial charge on any atom is -0.215 e. The number of halogens is 1. The van der Waals surface area contributed by atoms with E-state index >= 15 is 0 Å². The SMILES string of the molecule is Cc1ccc(S(=O)(=O)OC(OS(=O)(=O)c2ccccc2)S(=O)(=O)OF)cc1. The molecule has 148 valence electrons. The fraction of sp³-hybridized carbons (Fsp3) is 0.143. The Hall–Kier alpha value is -1.90. The second kappa shape index (κ2) is 8.00. The lowest BCUT2D eigenvalue weighted by Crippen LogP contribution is -2.32. The van der Waals surface area contributed by atoms with E-state index < -0.39 is 45.8 Å². The maximum absolute atomic E-state index is 12.4. The molecule has 0 spiro atoms.